The van der Waals surface area contributed by atoms with Crippen LogP contribution in [0.3, 0.4) is 0 Å². The van der Waals surface area contributed by atoms with E-state index in [4.69, 9.17) is 0 Å². The Morgan fingerprint density at radius 2 is 1.94 bits per heavy atom. The highest BCUT2D eigenvalue weighted by molar-refractivity contribution is 5.21. The fourth-order valence-electron chi connectivity index (χ4n) is 2.11. The first-order valence-corrected chi connectivity index (χ1v) is 5.72. The van der Waals surface area contributed by atoms with Crippen LogP contribution in [0.1, 0.15) is 38.3 Å². The van der Waals surface area contributed by atoms with Crippen molar-refractivity contribution >= 4 is 0 Å². The SMILES string of the molecule is CCCC(C)C(NC)c1ccc(F)c(F)c1. The van der Waals surface area contributed by atoms with Crippen molar-refractivity contribution in [3.8, 4) is 0 Å². The molecule has 0 saturated carbocycles. The van der Waals surface area contributed by atoms with Gasteiger partial charge in [0, 0.05) is 6.04 Å². The minimum Gasteiger partial charge on any atom is -0.313 e. The fourth-order valence-corrected chi connectivity index (χ4v) is 2.11. The smallest absolute Gasteiger partial charge is 0.159 e. The summed E-state index contributed by atoms with van der Waals surface area (Å²) >= 11 is 0. The first kappa shape index (κ1) is 13.1. The summed E-state index contributed by atoms with van der Waals surface area (Å²) in [4.78, 5) is 0. The molecule has 1 aromatic carbocycles. The normalized spacial score (nSPS) is 14.8. The molecule has 3 heteroatoms. The summed E-state index contributed by atoms with van der Waals surface area (Å²) in [6, 6.07) is 4.19. The van der Waals surface area contributed by atoms with Crippen LogP contribution in [0.15, 0.2) is 18.2 Å². The second kappa shape index (κ2) is 5.94. The molecule has 1 rings (SSSR count). The molecule has 1 nitrogen and oxygen atoms in total. The van der Waals surface area contributed by atoms with Crippen molar-refractivity contribution < 1.29 is 8.78 Å². The number of halogens is 2. The Bertz CT molecular complexity index is 339. The highest BCUT2D eigenvalue weighted by Gasteiger charge is 2.18. The average Bonchev–Trinajstić information content (AvgIpc) is 2.25. The molecule has 0 fully saturated rings. The Morgan fingerprint density at radius 3 is 2.44 bits per heavy atom. The van der Waals surface area contributed by atoms with Crippen LogP contribution >= 0.6 is 0 Å². The molecule has 2 atom stereocenters. The summed E-state index contributed by atoms with van der Waals surface area (Å²) in [5, 5.41) is 3.16. The van der Waals surface area contributed by atoms with Crippen LogP contribution in [-0.2, 0) is 0 Å². The van der Waals surface area contributed by atoms with Crippen molar-refractivity contribution in [2.45, 2.75) is 32.7 Å². The van der Waals surface area contributed by atoms with Crippen LogP contribution in [0, 0.1) is 17.6 Å². The topological polar surface area (TPSA) is 12.0 Å². The van der Waals surface area contributed by atoms with E-state index in [9.17, 15) is 8.78 Å². The quantitative estimate of drug-likeness (QED) is 0.809. The van der Waals surface area contributed by atoms with Crippen molar-refractivity contribution in [1.82, 2.24) is 5.32 Å². The molecule has 2 unspecified atom stereocenters. The lowest BCUT2D eigenvalue weighted by Crippen LogP contribution is -2.23. The molecule has 0 aromatic heterocycles. The molecule has 0 aliphatic heterocycles. The summed E-state index contributed by atoms with van der Waals surface area (Å²) in [7, 11) is 1.85. The van der Waals surface area contributed by atoms with E-state index in [1.807, 2.05) is 7.05 Å². The minimum absolute atomic E-state index is 0.0787. The second-order valence-corrected chi connectivity index (χ2v) is 4.21. The van der Waals surface area contributed by atoms with Gasteiger partial charge in [0.05, 0.1) is 0 Å². The summed E-state index contributed by atoms with van der Waals surface area (Å²) in [5.74, 6) is -1.16. The third-order valence-corrected chi connectivity index (χ3v) is 2.93. The van der Waals surface area contributed by atoms with Crippen molar-refractivity contribution in [2.24, 2.45) is 5.92 Å². The molecular formula is C13H19F2N. The summed E-state index contributed by atoms with van der Waals surface area (Å²) in [5.41, 5.74) is 0.808. The first-order chi connectivity index (χ1) is 7.60. The molecule has 0 radical (unpaired) electrons. The Labute approximate surface area is 95.9 Å². The number of nitrogens with one attached hydrogen (secondary N) is 1. The van der Waals surface area contributed by atoms with Crippen LogP contribution < -0.4 is 5.32 Å². The number of benzene rings is 1. The van der Waals surface area contributed by atoms with Crippen LogP contribution in [0.25, 0.3) is 0 Å². The molecule has 0 aliphatic rings. The Morgan fingerprint density at radius 1 is 1.25 bits per heavy atom. The predicted octanol–water partition coefficient (Wildman–Crippen LogP) is 3.66. The van der Waals surface area contributed by atoms with Gasteiger partial charge in [-0.3, -0.25) is 0 Å². The Hall–Kier alpha value is -0.960. The van der Waals surface area contributed by atoms with Crippen LogP contribution in [-0.4, -0.2) is 7.05 Å². The van der Waals surface area contributed by atoms with E-state index in [0.717, 1.165) is 18.4 Å². The van der Waals surface area contributed by atoms with Gasteiger partial charge in [0.1, 0.15) is 0 Å². The van der Waals surface area contributed by atoms with Gasteiger partial charge in [0.2, 0.25) is 0 Å². The van der Waals surface area contributed by atoms with E-state index < -0.39 is 11.6 Å². The molecule has 0 heterocycles. The van der Waals surface area contributed by atoms with Gasteiger partial charge in [-0.25, -0.2) is 8.78 Å². The van der Waals surface area contributed by atoms with E-state index in [2.05, 4.69) is 19.2 Å². The van der Waals surface area contributed by atoms with Crippen LogP contribution in [0.2, 0.25) is 0 Å². The minimum atomic E-state index is -0.790. The fraction of sp³-hybridized carbons (Fsp3) is 0.538. The van der Waals surface area contributed by atoms with E-state index in [1.54, 1.807) is 6.07 Å². The third-order valence-electron chi connectivity index (χ3n) is 2.93. The van der Waals surface area contributed by atoms with Gasteiger partial charge >= 0.3 is 0 Å². The zero-order chi connectivity index (χ0) is 12.1. The van der Waals surface area contributed by atoms with Gasteiger partial charge < -0.3 is 5.32 Å². The molecule has 0 saturated heterocycles. The van der Waals surface area contributed by atoms with Gasteiger partial charge in [-0.05, 0) is 37.1 Å². The molecule has 0 spiro atoms. The van der Waals surface area contributed by atoms with Crippen LogP contribution in [0.5, 0.6) is 0 Å². The lowest BCUT2D eigenvalue weighted by Gasteiger charge is -2.23. The molecule has 1 N–H and O–H groups in total. The van der Waals surface area contributed by atoms with Crippen LogP contribution in [0.4, 0.5) is 8.78 Å². The van der Waals surface area contributed by atoms with Gasteiger partial charge in [0.25, 0.3) is 0 Å². The molecule has 90 valence electrons. The maximum atomic E-state index is 13.1. The molecule has 0 aliphatic carbocycles. The molecule has 0 bridgehead atoms. The van der Waals surface area contributed by atoms with E-state index in [-0.39, 0.29) is 6.04 Å². The highest BCUT2D eigenvalue weighted by atomic mass is 19.2. The number of hydrogen-bond donors (Lipinski definition) is 1. The molecule has 1 aromatic rings. The number of rotatable bonds is 5. The van der Waals surface area contributed by atoms with Crippen molar-refractivity contribution in [3.63, 3.8) is 0 Å². The maximum absolute atomic E-state index is 13.1. The van der Waals surface area contributed by atoms with Gasteiger partial charge in [-0.15, -0.1) is 0 Å². The lowest BCUT2D eigenvalue weighted by molar-refractivity contribution is 0.381. The van der Waals surface area contributed by atoms with Gasteiger partial charge in [-0.1, -0.05) is 26.3 Å². The summed E-state index contributed by atoms with van der Waals surface area (Å²) in [6.07, 6.45) is 2.15. The number of hydrogen-bond acceptors (Lipinski definition) is 1. The van der Waals surface area contributed by atoms with E-state index in [0.29, 0.717) is 5.92 Å². The third kappa shape index (κ3) is 3.01. The largest absolute Gasteiger partial charge is 0.313 e. The van der Waals surface area contributed by atoms with Crippen molar-refractivity contribution in [3.05, 3.63) is 35.4 Å². The predicted molar refractivity (Wildman–Crippen MR) is 62.2 cm³/mol. The van der Waals surface area contributed by atoms with E-state index in [1.165, 1.54) is 12.1 Å². The second-order valence-electron chi connectivity index (χ2n) is 4.21. The monoisotopic (exact) mass is 227 g/mol. The summed E-state index contributed by atoms with van der Waals surface area (Å²) in [6.45, 7) is 4.24. The molecular weight excluding hydrogens is 208 g/mol. The zero-order valence-electron chi connectivity index (χ0n) is 10.1. The summed E-state index contributed by atoms with van der Waals surface area (Å²) < 4.78 is 25.9. The zero-order valence-corrected chi connectivity index (χ0v) is 10.1. The Kier molecular flexibility index (Phi) is 4.87. The average molecular weight is 227 g/mol. The van der Waals surface area contributed by atoms with Gasteiger partial charge in [-0.2, -0.15) is 0 Å². The van der Waals surface area contributed by atoms with E-state index >= 15 is 0 Å². The van der Waals surface area contributed by atoms with Crippen molar-refractivity contribution in [2.75, 3.05) is 7.05 Å². The standard InChI is InChI=1S/C13H19F2N/c1-4-5-9(2)13(16-3)10-6-7-11(14)12(15)8-10/h6-9,13,16H,4-5H2,1-3H3. The molecule has 0 amide bonds. The highest BCUT2D eigenvalue weighted by Crippen LogP contribution is 2.26. The maximum Gasteiger partial charge on any atom is 0.159 e. The first-order valence-electron chi connectivity index (χ1n) is 5.72. The lowest BCUT2D eigenvalue weighted by atomic mass is 9.91. The van der Waals surface area contributed by atoms with Crippen molar-refractivity contribution in [1.29, 1.82) is 0 Å². The van der Waals surface area contributed by atoms with Gasteiger partial charge in [0.15, 0.2) is 11.6 Å². The molecule has 16 heavy (non-hydrogen) atoms. The Balaban J connectivity index is 2.90.